The fourth-order valence-electron chi connectivity index (χ4n) is 3.80. The summed E-state index contributed by atoms with van der Waals surface area (Å²) in [5, 5.41) is 7.32. The van der Waals surface area contributed by atoms with Crippen LogP contribution < -0.4 is 15.9 Å². The average Bonchev–Trinajstić information content (AvgIpc) is 3.35. The highest BCUT2D eigenvalue weighted by Crippen LogP contribution is 2.29. The molecule has 1 aromatic heterocycles. The van der Waals surface area contributed by atoms with E-state index in [0.717, 1.165) is 29.1 Å². The fraction of sp³-hybridized carbons (Fsp3) is 0.238. The summed E-state index contributed by atoms with van der Waals surface area (Å²) in [6.07, 6.45) is 0.738. The molecule has 8 nitrogen and oxygen atoms in total. The van der Waals surface area contributed by atoms with Gasteiger partial charge in [-0.05, 0) is 24.1 Å². The number of benzene rings is 2. The van der Waals surface area contributed by atoms with Gasteiger partial charge in [0.15, 0.2) is 0 Å². The number of nitrogens with one attached hydrogen (secondary N) is 1. The summed E-state index contributed by atoms with van der Waals surface area (Å²) in [7, 11) is 0. The standard InChI is InChI=1S/C21H20N6O2/c28-18(22-11-10-15-6-2-1-3-7-15)14-26-21(29)27-17-9-5-4-8-16(17)19-23-12-13-25(19)20(27)24-26/h1-9H,10-14H2,(H,22,28). The normalized spacial score (nSPS) is 14.1. The Labute approximate surface area is 167 Å². The van der Waals surface area contributed by atoms with Crippen molar-refractivity contribution in [3.8, 4) is 5.69 Å². The molecule has 1 amide bonds. The zero-order valence-corrected chi connectivity index (χ0v) is 15.8. The third kappa shape index (κ3) is 3.02. The van der Waals surface area contributed by atoms with Crippen molar-refractivity contribution in [1.29, 1.82) is 0 Å². The quantitative estimate of drug-likeness (QED) is 0.706. The SMILES string of the molecule is O=C(Cn1nc2n(c1=O)-c1ccccc1C1=NCCN12)NCCc1ccccc1. The van der Waals surface area contributed by atoms with E-state index < -0.39 is 0 Å². The molecule has 0 saturated heterocycles. The highest BCUT2D eigenvalue weighted by Gasteiger charge is 2.34. The Morgan fingerprint density at radius 1 is 1.07 bits per heavy atom. The molecule has 2 aliphatic heterocycles. The van der Waals surface area contributed by atoms with Gasteiger partial charge in [0.2, 0.25) is 11.9 Å². The Hall–Kier alpha value is -3.68. The topological polar surface area (TPSA) is 84.5 Å². The molecule has 29 heavy (non-hydrogen) atoms. The smallest absolute Gasteiger partial charge is 0.352 e. The maximum absolute atomic E-state index is 13.0. The molecule has 0 aliphatic carbocycles. The number of nitrogens with zero attached hydrogens (tertiary/aromatic N) is 5. The van der Waals surface area contributed by atoms with Crippen LogP contribution in [0.5, 0.6) is 0 Å². The van der Waals surface area contributed by atoms with Crippen molar-refractivity contribution in [2.45, 2.75) is 13.0 Å². The summed E-state index contributed by atoms with van der Waals surface area (Å²) in [6.45, 7) is 1.72. The third-order valence-corrected chi connectivity index (χ3v) is 5.16. The zero-order chi connectivity index (χ0) is 19.8. The van der Waals surface area contributed by atoms with Crippen molar-refractivity contribution in [2.24, 2.45) is 4.99 Å². The van der Waals surface area contributed by atoms with E-state index in [2.05, 4.69) is 15.4 Å². The molecule has 146 valence electrons. The first-order valence-electron chi connectivity index (χ1n) is 9.64. The lowest BCUT2D eigenvalue weighted by molar-refractivity contribution is -0.121. The second-order valence-corrected chi connectivity index (χ2v) is 7.04. The summed E-state index contributed by atoms with van der Waals surface area (Å²) < 4.78 is 2.79. The van der Waals surface area contributed by atoms with Gasteiger partial charge in [-0.25, -0.2) is 14.0 Å². The predicted molar refractivity (Wildman–Crippen MR) is 110 cm³/mol. The van der Waals surface area contributed by atoms with Crippen molar-refractivity contribution in [1.82, 2.24) is 19.7 Å². The van der Waals surface area contributed by atoms with Gasteiger partial charge in [0.05, 0.1) is 12.2 Å². The van der Waals surface area contributed by atoms with Crippen LogP contribution in [0.2, 0.25) is 0 Å². The number of anilines is 1. The molecule has 5 rings (SSSR count). The first-order valence-corrected chi connectivity index (χ1v) is 9.64. The van der Waals surface area contributed by atoms with Crippen LogP contribution in [0.15, 0.2) is 64.4 Å². The van der Waals surface area contributed by atoms with E-state index in [1.165, 1.54) is 4.68 Å². The van der Waals surface area contributed by atoms with Crippen LogP contribution in [-0.4, -0.2) is 45.7 Å². The van der Waals surface area contributed by atoms with Gasteiger partial charge in [-0.3, -0.25) is 14.7 Å². The molecule has 0 saturated carbocycles. The summed E-state index contributed by atoms with van der Waals surface area (Å²) in [6, 6.07) is 17.6. The van der Waals surface area contributed by atoms with E-state index >= 15 is 0 Å². The molecule has 0 fully saturated rings. The molecular formula is C21H20N6O2. The van der Waals surface area contributed by atoms with Gasteiger partial charge in [0.25, 0.3) is 0 Å². The van der Waals surface area contributed by atoms with Crippen molar-refractivity contribution in [3.05, 3.63) is 76.2 Å². The zero-order valence-electron chi connectivity index (χ0n) is 15.8. The summed E-state index contributed by atoms with van der Waals surface area (Å²) in [5.41, 5.74) is 2.49. The van der Waals surface area contributed by atoms with Crippen molar-refractivity contribution in [3.63, 3.8) is 0 Å². The van der Waals surface area contributed by atoms with E-state index in [9.17, 15) is 9.59 Å². The van der Waals surface area contributed by atoms with Crippen LogP contribution in [0.25, 0.3) is 5.69 Å². The Morgan fingerprint density at radius 3 is 2.72 bits per heavy atom. The van der Waals surface area contributed by atoms with E-state index in [1.54, 1.807) is 4.57 Å². The third-order valence-electron chi connectivity index (χ3n) is 5.16. The van der Waals surface area contributed by atoms with Gasteiger partial charge in [0, 0.05) is 18.7 Å². The molecule has 0 unspecified atom stereocenters. The fourth-order valence-corrected chi connectivity index (χ4v) is 3.80. The molecule has 2 aromatic carbocycles. The lowest BCUT2D eigenvalue weighted by Crippen LogP contribution is -2.38. The molecule has 0 bridgehead atoms. The maximum Gasteiger partial charge on any atom is 0.352 e. The van der Waals surface area contributed by atoms with Crippen LogP contribution in [0.3, 0.4) is 0 Å². The monoisotopic (exact) mass is 388 g/mol. The highest BCUT2D eigenvalue weighted by atomic mass is 16.2. The van der Waals surface area contributed by atoms with Crippen LogP contribution in [0.1, 0.15) is 11.1 Å². The van der Waals surface area contributed by atoms with Gasteiger partial charge in [-0.1, -0.05) is 42.5 Å². The summed E-state index contributed by atoms with van der Waals surface area (Å²) >= 11 is 0. The van der Waals surface area contributed by atoms with E-state index in [1.807, 2.05) is 59.5 Å². The van der Waals surface area contributed by atoms with Gasteiger partial charge >= 0.3 is 5.69 Å². The minimum atomic E-state index is -0.323. The van der Waals surface area contributed by atoms with Crippen LogP contribution in [-0.2, 0) is 17.8 Å². The van der Waals surface area contributed by atoms with Crippen LogP contribution in [0.4, 0.5) is 5.95 Å². The van der Waals surface area contributed by atoms with Crippen LogP contribution in [0, 0.1) is 0 Å². The average molecular weight is 388 g/mol. The van der Waals surface area contributed by atoms with Crippen molar-refractivity contribution in [2.75, 3.05) is 24.5 Å². The molecule has 0 spiro atoms. The lowest BCUT2D eigenvalue weighted by Gasteiger charge is -2.26. The number of amides is 1. The van der Waals surface area contributed by atoms with Gasteiger partial charge < -0.3 is 5.32 Å². The molecule has 3 aromatic rings. The number of fused-ring (bicyclic) bond motifs is 6. The number of rotatable bonds is 5. The first kappa shape index (κ1) is 17.4. The Kier molecular flexibility index (Phi) is 4.23. The Morgan fingerprint density at radius 2 is 1.86 bits per heavy atom. The summed E-state index contributed by atoms with van der Waals surface area (Å²) in [4.78, 5) is 31.9. The van der Waals surface area contributed by atoms with Crippen molar-refractivity contribution < 1.29 is 4.79 Å². The Balaban J connectivity index is 1.36. The van der Waals surface area contributed by atoms with E-state index in [0.29, 0.717) is 25.6 Å². The number of aromatic nitrogens is 3. The van der Waals surface area contributed by atoms with Gasteiger partial charge in [-0.2, -0.15) is 0 Å². The minimum absolute atomic E-state index is 0.115. The highest BCUT2D eigenvalue weighted by molar-refractivity contribution is 6.14. The second kappa shape index (κ2) is 7.05. The molecule has 0 atom stereocenters. The molecule has 1 N–H and O–H groups in total. The number of carbonyl (C=O) groups excluding carboxylic acids is 1. The largest absolute Gasteiger partial charge is 0.354 e. The summed E-state index contributed by atoms with van der Waals surface area (Å²) in [5.74, 6) is 1.11. The number of carbonyl (C=O) groups is 1. The maximum atomic E-state index is 13.0. The number of amidine groups is 1. The molecular weight excluding hydrogens is 368 g/mol. The number of para-hydroxylation sites is 1. The van der Waals surface area contributed by atoms with Gasteiger partial charge in [0.1, 0.15) is 12.4 Å². The molecule has 2 aliphatic rings. The van der Waals surface area contributed by atoms with Gasteiger partial charge in [-0.15, -0.1) is 5.10 Å². The van der Waals surface area contributed by atoms with Crippen molar-refractivity contribution >= 4 is 17.7 Å². The minimum Gasteiger partial charge on any atom is -0.354 e. The number of hydrogen-bond donors (Lipinski definition) is 1. The van der Waals surface area contributed by atoms with E-state index in [-0.39, 0.29) is 18.1 Å². The number of aliphatic imine (C=N–C) groups is 1. The lowest BCUT2D eigenvalue weighted by atomic mass is 10.1. The number of hydrogen-bond acceptors (Lipinski definition) is 5. The first-order chi connectivity index (χ1) is 14.2. The molecule has 8 heteroatoms. The molecule has 3 heterocycles. The van der Waals surface area contributed by atoms with Crippen LogP contribution >= 0.6 is 0 Å². The Bertz CT molecular complexity index is 1160. The van der Waals surface area contributed by atoms with E-state index in [4.69, 9.17) is 0 Å². The second-order valence-electron chi connectivity index (χ2n) is 7.04. The predicted octanol–water partition coefficient (Wildman–Crippen LogP) is 0.973. The molecule has 0 radical (unpaired) electrons.